The number of fused-ring (bicyclic) bond motifs is 3. The standard InChI is InChI=1S/C21H19O3P/c1-14-12-15(2)21(16(3)13-14)24-25(22)20-11-7-5-9-18(20)17-8-4-6-10-19(17)23-25/h4-13H,1-3H3. The smallest absolute Gasteiger partial charge is 0.412 e. The van der Waals surface area contributed by atoms with Gasteiger partial charge >= 0.3 is 7.60 Å². The third kappa shape index (κ3) is 2.65. The molecular weight excluding hydrogens is 331 g/mol. The van der Waals surface area contributed by atoms with E-state index in [1.54, 1.807) is 0 Å². The Morgan fingerprint density at radius 2 is 1.44 bits per heavy atom. The van der Waals surface area contributed by atoms with Crippen LogP contribution in [0.3, 0.4) is 0 Å². The van der Waals surface area contributed by atoms with Crippen molar-refractivity contribution in [2.24, 2.45) is 0 Å². The average molecular weight is 350 g/mol. The van der Waals surface area contributed by atoms with E-state index in [2.05, 4.69) is 0 Å². The maximum absolute atomic E-state index is 13.7. The summed E-state index contributed by atoms with van der Waals surface area (Å²) < 4.78 is 25.7. The Labute approximate surface area is 147 Å². The molecule has 1 aliphatic heterocycles. The molecule has 25 heavy (non-hydrogen) atoms. The molecule has 0 bridgehead atoms. The van der Waals surface area contributed by atoms with Gasteiger partial charge in [0.05, 0.1) is 5.30 Å². The monoisotopic (exact) mass is 350 g/mol. The van der Waals surface area contributed by atoms with E-state index in [-0.39, 0.29) is 0 Å². The Morgan fingerprint density at radius 1 is 0.840 bits per heavy atom. The zero-order valence-electron chi connectivity index (χ0n) is 14.4. The van der Waals surface area contributed by atoms with Gasteiger partial charge in [-0.25, -0.2) is 4.57 Å². The van der Waals surface area contributed by atoms with E-state index >= 15 is 0 Å². The van der Waals surface area contributed by atoms with Crippen LogP contribution >= 0.6 is 7.60 Å². The molecule has 0 fully saturated rings. The molecule has 0 aliphatic carbocycles. The van der Waals surface area contributed by atoms with Gasteiger partial charge in [0.25, 0.3) is 0 Å². The Balaban J connectivity index is 1.87. The molecule has 3 nitrogen and oxygen atoms in total. The van der Waals surface area contributed by atoms with Gasteiger partial charge in [0.2, 0.25) is 0 Å². The fraction of sp³-hybridized carbons (Fsp3) is 0.143. The topological polar surface area (TPSA) is 35.5 Å². The van der Waals surface area contributed by atoms with E-state index in [4.69, 9.17) is 9.05 Å². The summed E-state index contributed by atoms with van der Waals surface area (Å²) in [5.74, 6) is 1.22. The lowest BCUT2D eigenvalue weighted by Gasteiger charge is -2.29. The van der Waals surface area contributed by atoms with Gasteiger partial charge in [0, 0.05) is 11.1 Å². The van der Waals surface area contributed by atoms with Crippen molar-refractivity contribution in [2.45, 2.75) is 20.8 Å². The highest BCUT2D eigenvalue weighted by atomic mass is 31.2. The van der Waals surface area contributed by atoms with Gasteiger partial charge in [-0.1, -0.05) is 54.1 Å². The molecule has 0 spiro atoms. The summed E-state index contributed by atoms with van der Waals surface area (Å²) in [4.78, 5) is 0. The highest BCUT2D eigenvalue weighted by molar-refractivity contribution is 7.63. The second kappa shape index (κ2) is 5.79. The molecule has 4 rings (SSSR count). The highest BCUT2D eigenvalue weighted by Gasteiger charge is 2.39. The van der Waals surface area contributed by atoms with Crippen LogP contribution in [0.1, 0.15) is 16.7 Å². The summed E-state index contributed by atoms with van der Waals surface area (Å²) in [6.45, 7) is 5.96. The lowest BCUT2D eigenvalue weighted by atomic mass is 10.0. The SMILES string of the molecule is Cc1cc(C)c(OP2(=O)Oc3ccccc3-c3ccccc32)c(C)c1. The van der Waals surface area contributed by atoms with Gasteiger partial charge in [0.15, 0.2) is 0 Å². The Morgan fingerprint density at radius 3 is 2.16 bits per heavy atom. The fourth-order valence-corrected chi connectivity index (χ4v) is 5.33. The summed E-state index contributed by atoms with van der Waals surface area (Å²) in [5, 5.41) is 0.605. The maximum Gasteiger partial charge on any atom is 0.463 e. The molecule has 1 heterocycles. The third-order valence-electron chi connectivity index (χ3n) is 4.41. The first kappa shape index (κ1) is 16.0. The first-order chi connectivity index (χ1) is 12.0. The van der Waals surface area contributed by atoms with E-state index in [1.165, 1.54) is 0 Å². The van der Waals surface area contributed by atoms with Crippen LogP contribution in [0.4, 0.5) is 0 Å². The van der Waals surface area contributed by atoms with Crippen LogP contribution in [-0.4, -0.2) is 0 Å². The van der Waals surface area contributed by atoms with Gasteiger partial charge in [-0.15, -0.1) is 0 Å². The summed E-state index contributed by atoms with van der Waals surface area (Å²) in [6, 6.07) is 19.3. The van der Waals surface area contributed by atoms with Crippen molar-refractivity contribution in [2.75, 3.05) is 0 Å². The molecule has 0 saturated heterocycles. The minimum Gasteiger partial charge on any atom is -0.412 e. The van der Waals surface area contributed by atoms with Crippen LogP contribution in [0.2, 0.25) is 0 Å². The Bertz CT molecular complexity index is 1000. The van der Waals surface area contributed by atoms with Crippen molar-refractivity contribution in [3.05, 3.63) is 77.4 Å². The number of benzene rings is 3. The van der Waals surface area contributed by atoms with Gasteiger partial charge in [-0.3, -0.25) is 0 Å². The van der Waals surface area contributed by atoms with Crippen molar-refractivity contribution >= 4 is 12.9 Å². The predicted molar refractivity (Wildman–Crippen MR) is 101 cm³/mol. The van der Waals surface area contributed by atoms with E-state index in [9.17, 15) is 4.57 Å². The zero-order valence-corrected chi connectivity index (χ0v) is 15.3. The van der Waals surface area contributed by atoms with Crippen molar-refractivity contribution in [1.82, 2.24) is 0 Å². The third-order valence-corrected chi connectivity index (χ3v) is 6.25. The van der Waals surface area contributed by atoms with Gasteiger partial charge < -0.3 is 9.05 Å². The molecule has 4 heteroatoms. The molecule has 1 unspecified atom stereocenters. The average Bonchev–Trinajstić information content (AvgIpc) is 2.59. The van der Waals surface area contributed by atoms with Crippen LogP contribution in [-0.2, 0) is 4.57 Å². The summed E-state index contributed by atoms with van der Waals surface area (Å²) >= 11 is 0. The van der Waals surface area contributed by atoms with Crippen LogP contribution in [0.5, 0.6) is 11.5 Å². The predicted octanol–water partition coefficient (Wildman–Crippen LogP) is 5.57. The number of hydrogen-bond donors (Lipinski definition) is 0. The molecular formula is C21H19O3P. The molecule has 0 saturated carbocycles. The molecule has 126 valence electrons. The Kier molecular flexibility index (Phi) is 3.70. The minimum absolute atomic E-state index is 0.590. The second-order valence-corrected chi connectivity index (χ2v) is 8.26. The van der Waals surface area contributed by atoms with E-state index in [0.717, 1.165) is 27.8 Å². The number of aryl methyl sites for hydroxylation is 3. The van der Waals surface area contributed by atoms with Crippen molar-refractivity contribution < 1.29 is 13.6 Å². The quantitative estimate of drug-likeness (QED) is 0.567. The number of para-hydroxylation sites is 1. The van der Waals surface area contributed by atoms with Crippen LogP contribution in [0.15, 0.2) is 60.7 Å². The van der Waals surface area contributed by atoms with Crippen LogP contribution < -0.4 is 14.4 Å². The molecule has 1 aliphatic rings. The molecule has 3 aromatic carbocycles. The number of hydrogen-bond acceptors (Lipinski definition) is 3. The first-order valence-corrected chi connectivity index (χ1v) is 9.78. The highest BCUT2D eigenvalue weighted by Crippen LogP contribution is 2.55. The molecule has 0 aromatic heterocycles. The van der Waals surface area contributed by atoms with E-state index in [1.807, 2.05) is 81.4 Å². The second-order valence-electron chi connectivity index (χ2n) is 6.42. The summed E-state index contributed by atoms with van der Waals surface area (Å²) in [7, 11) is -3.53. The van der Waals surface area contributed by atoms with E-state index < -0.39 is 7.60 Å². The molecule has 1 atom stereocenters. The summed E-state index contributed by atoms with van der Waals surface area (Å²) in [6.07, 6.45) is 0. The first-order valence-electron chi connectivity index (χ1n) is 8.24. The van der Waals surface area contributed by atoms with Crippen LogP contribution in [0.25, 0.3) is 11.1 Å². The number of rotatable bonds is 2. The van der Waals surface area contributed by atoms with Gasteiger partial charge in [-0.2, -0.15) is 0 Å². The normalized spacial score (nSPS) is 18.0. The van der Waals surface area contributed by atoms with Crippen molar-refractivity contribution in [1.29, 1.82) is 0 Å². The summed E-state index contributed by atoms with van der Waals surface area (Å²) in [5.41, 5.74) is 4.89. The van der Waals surface area contributed by atoms with Crippen molar-refractivity contribution in [3.63, 3.8) is 0 Å². The molecule has 0 radical (unpaired) electrons. The molecule has 0 N–H and O–H groups in total. The lowest BCUT2D eigenvalue weighted by molar-refractivity contribution is 0.396. The maximum atomic E-state index is 13.7. The zero-order chi connectivity index (χ0) is 17.6. The largest absolute Gasteiger partial charge is 0.463 e. The fourth-order valence-electron chi connectivity index (χ4n) is 3.39. The minimum atomic E-state index is -3.53. The van der Waals surface area contributed by atoms with Crippen molar-refractivity contribution in [3.8, 4) is 22.6 Å². The van der Waals surface area contributed by atoms with Gasteiger partial charge in [-0.05, 0) is 44.0 Å². The molecule has 3 aromatic rings. The Hall–Kier alpha value is -2.51. The van der Waals surface area contributed by atoms with Gasteiger partial charge in [0.1, 0.15) is 11.5 Å². The lowest BCUT2D eigenvalue weighted by Crippen LogP contribution is -2.21. The van der Waals surface area contributed by atoms with Crippen LogP contribution in [0, 0.1) is 20.8 Å². The van der Waals surface area contributed by atoms with E-state index in [0.29, 0.717) is 16.8 Å². The molecule has 0 amide bonds.